The van der Waals surface area contributed by atoms with Crippen LogP contribution in [0.3, 0.4) is 0 Å². The lowest BCUT2D eigenvalue weighted by Crippen LogP contribution is -2.25. The van der Waals surface area contributed by atoms with Gasteiger partial charge in [0.15, 0.2) is 0 Å². The minimum absolute atomic E-state index is 0.140. The molecule has 0 amide bonds. The van der Waals surface area contributed by atoms with Crippen molar-refractivity contribution in [3.05, 3.63) is 0 Å². The Hall–Kier alpha value is -0.160. The fourth-order valence-electron chi connectivity index (χ4n) is 2.82. The molecule has 0 aromatic rings. The molecular formula is C14H28O4. The van der Waals surface area contributed by atoms with Gasteiger partial charge in [-0.15, -0.1) is 0 Å². The molecule has 0 radical (unpaired) electrons. The predicted octanol–water partition coefficient (Wildman–Crippen LogP) is 1.06. The van der Waals surface area contributed by atoms with Gasteiger partial charge in [-0.2, -0.15) is 0 Å². The Bertz CT molecular complexity index is 180. The zero-order valence-corrected chi connectivity index (χ0v) is 11.2. The van der Waals surface area contributed by atoms with E-state index < -0.39 is 0 Å². The van der Waals surface area contributed by atoms with Gasteiger partial charge in [-0.3, -0.25) is 0 Å². The van der Waals surface area contributed by atoms with Gasteiger partial charge in [0.2, 0.25) is 0 Å². The molecule has 0 spiro atoms. The second kappa shape index (κ2) is 8.86. The molecule has 0 saturated heterocycles. The Morgan fingerprint density at radius 3 is 1.22 bits per heavy atom. The van der Waals surface area contributed by atoms with Gasteiger partial charge in [-0.05, 0) is 50.4 Å². The standard InChI is InChI=1S/C8H16O2.C6H12O2/c9-5-7-3-1-2-4-8(7)6-10;7-5-1-2-6(8)4-3-5/h7-10H,1-6H2;5-8H,1-4H2. The first-order valence-corrected chi connectivity index (χ1v) is 7.25. The van der Waals surface area contributed by atoms with Crippen LogP contribution < -0.4 is 0 Å². The van der Waals surface area contributed by atoms with Gasteiger partial charge in [0.1, 0.15) is 0 Å². The van der Waals surface area contributed by atoms with E-state index in [0.29, 0.717) is 11.8 Å². The molecule has 4 heteroatoms. The zero-order valence-electron chi connectivity index (χ0n) is 11.2. The first-order valence-electron chi connectivity index (χ1n) is 7.25. The molecule has 0 aliphatic heterocycles. The molecule has 2 aliphatic rings. The van der Waals surface area contributed by atoms with Crippen LogP contribution in [0.15, 0.2) is 0 Å². The topological polar surface area (TPSA) is 80.9 Å². The molecule has 0 bridgehead atoms. The highest BCUT2D eigenvalue weighted by Crippen LogP contribution is 2.28. The summed E-state index contributed by atoms with van der Waals surface area (Å²) < 4.78 is 0. The minimum Gasteiger partial charge on any atom is -0.396 e. The molecule has 2 fully saturated rings. The van der Waals surface area contributed by atoms with Crippen LogP contribution in [-0.2, 0) is 0 Å². The summed E-state index contributed by atoms with van der Waals surface area (Å²) in [6, 6.07) is 0. The van der Waals surface area contributed by atoms with Crippen molar-refractivity contribution in [3.63, 3.8) is 0 Å². The zero-order chi connectivity index (χ0) is 13.4. The highest BCUT2D eigenvalue weighted by atomic mass is 16.3. The van der Waals surface area contributed by atoms with Crippen LogP contribution in [0.4, 0.5) is 0 Å². The van der Waals surface area contributed by atoms with Crippen LogP contribution in [0.5, 0.6) is 0 Å². The van der Waals surface area contributed by atoms with E-state index >= 15 is 0 Å². The fourth-order valence-corrected chi connectivity index (χ4v) is 2.82. The van der Waals surface area contributed by atoms with Crippen molar-refractivity contribution in [2.75, 3.05) is 13.2 Å². The van der Waals surface area contributed by atoms with E-state index in [4.69, 9.17) is 20.4 Å². The SMILES string of the molecule is OC1CCC(O)CC1.OCC1CCCCC1CO. The number of hydrogen-bond acceptors (Lipinski definition) is 4. The third kappa shape index (κ3) is 5.65. The van der Waals surface area contributed by atoms with Gasteiger partial charge < -0.3 is 20.4 Å². The molecule has 0 heterocycles. The first kappa shape index (κ1) is 15.9. The Labute approximate surface area is 110 Å². The van der Waals surface area contributed by atoms with Crippen LogP contribution in [0.2, 0.25) is 0 Å². The third-order valence-corrected chi connectivity index (χ3v) is 4.20. The lowest BCUT2D eigenvalue weighted by molar-refractivity contribution is 0.0541. The Morgan fingerprint density at radius 1 is 0.611 bits per heavy atom. The predicted molar refractivity (Wildman–Crippen MR) is 70.1 cm³/mol. The molecule has 108 valence electrons. The van der Waals surface area contributed by atoms with Crippen LogP contribution in [-0.4, -0.2) is 45.8 Å². The summed E-state index contributed by atoms with van der Waals surface area (Å²) >= 11 is 0. The largest absolute Gasteiger partial charge is 0.396 e. The van der Waals surface area contributed by atoms with Gasteiger partial charge in [-0.25, -0.2) is 0 Å². The Morgan fingerprint density at radius 2 is 0.944 bits per heavy atom. The van der Waals surface area contributed by atoms with Crippen LogP contribution >= 0.6 is 0 Å². The lowest BCUT2D eigenvalue weighted by Gasteiger charge is -2.28. The quantitative estimate of drug-likeness (QED) is 0.598. The highest BCUT2D eigenvalue weighted by Gasteiger charge is 2.23. The van der Waals surface area contributed by atoms with Crippen LogP contribution in [0, 0.1) is 11.8 Å². The number of hydrogen-bond donors (Lipinski definition) is 4. The first-order chi connectivity index (χ1) is 8.67. The molecule has 2 aliphatic carbocycles. The van der Waals surface area contributed by atoms with Crippen molar-refractivity contribution >= 4 is 0 Å². The smallest absolute Gasteiger partial charge is 0.0542 e. The summed E-state index contributed by atoms with van der Waals surface area (Å²) in [5.41, 5.74) is 0. The van der Waals surface area contributed by atoms with Crippen molar-refractivity contribution < 1.29 is 20.4 Å². The average Bonchev–Trinajstić information content (AvgIpc) is 2.42. The van der Waals surface area contributed by atoms with E-state index in [0.717, 1.165) is 38.5 Å². The van der Waals surface area contributed by atoms with E-state index in [9.17, 15) is 0 Å². The minimum atomic E-state index is -0.140. The number of aliphatic hydroxyl groups is 4. The maximum atomic E-state index is 8.92. The van der Waals surface area contributed by atoms with Crippen molar-refractivity contribution in [3.8, 4) is 0 Å². The van der Waals surface area contributed by atoms with Gasteiger partial charge in [0, 0.05) is 13.2 Å². The molecule has 0 aromatic carbocycles. The van der Waals surface area contributed by atoms with Crippen molar-refractivity contribution in [1.82, 2.24) is 0 Å². The average molecular weight is 260 g/mol. The summed E-state index contributed by atoms with van der Waals surface area (Å²) in [7, 11) is 0. The van der Waals surface area contributed by atoms with Crippen LogP contribution in [0.1, 0.15) is 51.4 Å². The maximum Gasteiger partial charge on any atom is 0.0542 e. The van der Waals surface area contributed by atoms with E-state index in [1.165, 1.54) is 12.8 Å². The second-order valence-electron chi connectivity index (χ2n) is 5.63. The van der Waals surface area contributed by atoms with Crippen molar-refractivity contribution in [2.45, 2.75) is 63.6 Å². The summed E-state index contributed by atoms with van der Waals surface area (Å²) in [6.07, 6.45) is 7.48. The molecule has 2 saturated carbocycles. The molecule has 2 rings (SSSR count). The van der Waals surface area contributed by atoms with Gasteiger partial charge in [0.25, 0.3) is 0 Å². The number of rotatable bonds is 2. The monoisotopic (exact) mass is 260 g/mol. The molecule has 2 unspecified atom stereocenters. The van der Waals surface area contributed by atoms with Gasteiger partial charge in [0.05, 0.1) is 12.2 Å². The molecule has 4 N–H and O–H groups in total. The second-order valence-corrected chi connectivity index (χ2v) is 5.63. The molecule has 0 aromatic heterocycles. The summed E-state index contributed by atoms with van der Waals surface area (Å²) in [6.45, 7) is 0.510. The van der Waals surface area contributed by atoms with Crippen molar-refractivity contribution in [2.24, 2.45) is 11.8 Å². The van der Waals surface area contributed by atoms with E-state index in [1.807, 2.05) is 0 Å². The summed E-state index contributed by atoms with van der Waals surface area (Å²) in [5, 5.41) is 35.6. The van der Waals surface area contributed by atoms with E-state index in [1.54, 1.807) is 0 Å². The Balaban J connectivity index is 0.000000184. The normalized spacial score (nSPS) is 36.7. The highest BCUT2D eigenvalue weighted by molar-refractivity contribution is 4.73. The van der Waals surface area contributed by atoms with Crippen LogP contribution in [0.25, 0.3) is 0 Å². The summed E-state index contributed by atoms with van der Waals surface area (Å²) in [5.74, 6) is 0.748. The fraction of sp³-hybridized carbons (Fsp3) is 1.00. The third-order valence-electron chi connectivity index (χ3n) is 4.20. The summed E-state index contributed by atoms with van der Waals surface area (Å²) in [4.78, 5) is 0. The molecular weight excluding hydrogens is 232 g/mol. The number of aliphatic hydroxyl groups excluding tert-OH is 4. The van der Waals surface area contributed by atoms with Gasteiger partial charge in [-0.1, -0.05) is 12.8 Å². The van der Waals surface area contributed by atoms with E-state index in [-0.39, 0.29) is 25.4 Å². The molecule has 2 atom stereocenters. The maximum absolute atomic E-state index is 8.92. The van der Waals surface area contributed by atoms with Gasteiger partial charge >= 0.3 is 0 Å². The van der Waals surface area contributed by atoms with Crippen molar-refractivity contribution in [1.29, 1.82) is 0 Å². The Kier molecular flexibility index (Phi) is 7.82. The molecule has 4 nitrogen and oxygen atoms in total. The van der Waals surface area contributed by atoms with E-state index in [2.05, 4.69) is 0 Å². The molecule has 18 heavy (non-hydrogen) atoms. The lowest BCUT2D eigenvalue weighted by atomic mass is 9.80.